The number of primary amides is 1. The Morgan fingerprint density at radius 1 is 1.19 bits per heavy atom. The van der Waals surface area contributed by atoms with Crippen molar-refractivity contribution in [2.24, 2.45) is 5.73 Å². The Hall–Kier alpha value is -3.47. The molecule has 4 rings (SSSR count). The first-order valence-electron chi connectivity index (χ1n) is 9.49. The van der Waals surface area contributed by atoms with Gasteiger partial charge in [0, 0.05) is 25.3 Å². The minimum atomic E-state index is -4.69. The number of anilines is 1. The minimum absolute atomic E-state index is 0.0329. The standard InChI is InChI=1S/C20H18F3N5O3/c21-20(22,23)17-3-1-2-14(25-17)19(30)26-16-9-12-8-15(11-4-6-31-7-5-11)27-28(12)10-13(16)18(24)29/h1-3,8-11H,4-7H2,(H2,24,29)(H,26,30). The van der Waals surface area contributed by atoms with E-state index in [1.165, 1.54) is 16.8 Å². The van der Waals surface area contributed by atoms with Gasteiger partial charge in [0.1, 0.15) is 11.4 Å². The van der Waals surface area contributed by atoms with Crippen molar-refractivity contribution >= 4 is 23.0 Å². The summed E-state index contributed by atoms with van der Waals surface area (Å²) in [5.74, 6) is -1.52. The number of ether oxygens (including phenoxy) is 1. The van der Waals surface area contributed by atoms with E-state index in [0.717, 1.165) is 36.7 Å². The van der Waals surface area contributed by atoms with Crippen molar-refractivity contribution in [1.29, 1.82) is 0 Å². The molecule has 11 heteroatoms. The van der Waals surface area contributed by atoms with Crippen LogP contribution in [0.25, 0.3) is 5.52 Å². The molecule has 0 aliphatic carbocycles. The van der Waals surface area contributed by atoms with Gasteiger partial charge in [-0.3, -0.25) is 9.59 Å². The van der Waals surface area contributed by atoms with E-state index in [1.54, 1.807) is 0 Å². The van der Waals surface area contributed by atoms with E-state index < -0.39 is 29.4 Å². The monoisotopic (exact) mass is 433 g/mol. The highest BCUT2D eigenvalue weighted by Crippen LogP contribution is 2.29. The SMILES string of the molecule is NC(=O)c1cn2nc(C3CCOCC3)cc2cc1NC(=O)c1cccc(C(F)(F)F)n1. The predicted octanol–water partition coefficient (Wildman–Crippen LogP) is 2.99. The van der Waals surface area contributed by atoms with Crippen molar-refractivity contribution in [2.75, 3.05) is 18.5 Å². The van der Waals surface area contributed by atoms with E-state index in [4.69, 9.17) is 10.5 Å². The van der Waals surface area contributed by atoms with E-state index >= 15 is 0 Å². The van der Waals surface area contributed by atoms with Crippen molar-refractivity contribution < 1.29 is 27.5 Å². The average Bonchev–Trinajstić information content (AvgIpc) is 3.16. The van der Waals surface area contributed by atoms with Crippen LogP contribution in [-0.4, -0.2) is 39.6 Å². The molecule has 1 fully saturated rings. The van der Waals surface area contributed by atoms with Crippen LogP contribution in [0, 0.1) is 0 Å². The second-order valence-electron chi connectivity index (χ2n) is 7.15. The number of nitrogens with two attached hydrogens (primary N) is 1. The van der Waals surface area contributed by atoms with Gasteiger partial charge in [0.15, 0.2) is 0 Å². The molecule has 0 bridgehead atoms. The Morgan fingerprint density at radius 2 is 1.94 bits per heavy atom. The summed E-state index contributed by atoms with van der Waals surface area (Å²) in [5, 5.41) is 6.94. The third kappa shape index (κ3) is 4.36. The van der Waals surface area contributed by atoms with E-state index in [0.29, 0.717) is 18.7 Å². The van der Waals surface area contributed by atoms with Gasteiger partial charge in [-0.25, -0.2) is 9.50 Å². The third-order valence-electron chi connectivity index (χ3n) is 5.04. The first-order chi connectivity index (χ1) is 14.7. The fourth-order valence-corrected chi connectivity index (χ4v) is 3.46. The van der Waals surface area contributed by atoms with Crippen molar-refractivity contribution in [3.05, 3.63) is 59.2 Å². The highest BCUT2D eigenvalue weighted by atomic mass is 19.4. The van der Waals surface area contributed by atoms with Crippen LogP contribution in [0.3, 0.4) is 0 Å². The lowest BCUT2D eigenvalue weighted by atomic mass is 9.97. The Morgan fingerprint density at radius 3 is 2.61 bits per heavy atom. The number of fused-ring (bicyclic) bond motifs is 1. The Balaban J connectivity index is 1.66. The zero-order chi connectivity index (χ0) is 22.2. The molecule has 0 spiro atoms. The first kappa shape index (κ1) is 20.8. The first-order valence-corrected chi connectivity index (χ1v) is 9.49. The van der Waals surface area contributed by atoms with E-state index in [-0.39, 0.29) is 17.2 Å². The van der Waals surface area contributed by atoms with Crippen molar-refractivity contribution in [3.8, 4) is 0 Å². The Kier molecular flexibility index (Phi) is 5.36. The molecule has 3 aromatic heterocycles. The number of hydrogen-bond acceptors (Lipinski definition) is 5. The van der Waals surface area contributed by atoms with Gasteiger partial charge in [-0.2, -0.15) is 18.3 Å². The van der Waals surface area contributed by atoms with Crippen LogP contribution >= 0.6 is 0 Å². The number of nitrogens with zero attached hydrogens (tertiary/aromatic N) is 3. The summed E-state index contributed by atoms with van der Waals surface area (Å²) in [5.41, 5.74) is 5.25. The van der Waals surface area contributed by atoms with Crippen LogP contribution in [0.1, 0.15) is 51.0 Å². The predicted molar refractivity (Wildman–Crippen MR) is 104 cm³/mol. The van der Waals surface area contributed by atoms with Crippen LogP contribution in [0.2, 0.25) is 0 Å². The summed E-state index contributed by atoms with van der Waals surface area (Å²) in [6, 6.07) is 6.33. The summed E-state index contributed by atoms with van der Waals surface area (Å²) >= 11 is 0. The maximum Gasteiger partial charge on any atom is 0.433 e. The maximum atomic E-state index is 12.9. The summed E-state index contributed by atoms with van der Waals surface area (Å²) in [7, 11) is 0. The second-order valence-corrected chi connectivity index (χ2v) is 7.15. The quantitative estimate of drug-likeness (QED) is 0.657. The molecule has 1 aliphatic rings. The number of carbonyl (C=O) groups is 2. The number of halogens is 3. The van der Waals surface area contributed by atoms with Gasteiger partial charge in [-0.15, -0.1) is 0 Å². The van der Waals surface area contributed by atoms with Gasteiger partial charge < -0.3 is 15.8 Å². The fraction of sp³-hybridized carbons (Fsp3) is 0.300. The second kappa shape index (κ2) is 7.99. The average molecular weight is 433 g/mol. The molecule has 2 amide bonds. The van der Waals surface area contributed by atoms with Gasteiger partial charge >= 0.3 is 6.18 Å². The van der Waals surface area contributed by atoms with Gasteiger partial charge in [-0.1, -0.05) is 6.07 Å². The normalized spacial score (nSPS) is 15.2. The Labute approximate surface area is 174 Å². The van der Waals surface area contributed by atoms with E-state index in [9.17, 15) is 22.8 Å². The number of amides is 2. The van der Waals surface area contributed by atoms with E-state index in [2.05, 4.69) is 15.4 Å². The van der Waals surface area contributed by atoms with Crippen LogP contribution in [0.15, 0.2) is 36.5 Å². The maximum absolute atomic E-state index is 12.9. The molecule has 0 atom stereocenters. The molecule has 31 heavy (non-hydrogen) atoms. The smallest absolute Gasteiger partial charge is 0.381 e. The number of pyridine rings is 2. The topological polar surface area (TPSA) is 112 Å². The molecule has 0 radical (unpaired) electrons. The largest absolute Gasteiger partial charge is 0.433 e. The lowest BCUT2D eigenvalue weighted by molar-refractivity contribution is -0.141. The van der Waals surface area contributed by atoms with Crippen LogP contribution < -0.4 is 11.1 Å². The summed E-state index contributed by atoms with van der Waals surface area (Å²) in [6.45, 7) is 1.27. The lowest BCUT2D eigenvalue weighted by Gasteiger charge is -2.19. The van der Waals surface area contributed by atoms with Gasteiger partial charge in [0.05, 0.1) is 22.5 Å². The number of nitrogens with one attached hydrogen (secondary N) is 1. The van der Waals surface area contributed by atoms with E-state index in [1.807, 2.05) is 6.07 Å². The van der Waals surface area contributed by atoms with Crippen LogP contribution in [0.5, 0.6) is 0 Å². The number of alkyl halides is 3. The fourth-order valence-electron chi connectivity index (χ4n) is 3.46. The van der Waals surface area contributed by atoms with Gasteiger partial charge in [0.2, 0.25) is 0 Å². The zero-order valence-corrected chi connectivity index (χ0v) is 16.1. The van der Waals surface area contributed by atoms with Crippen LogP contribution in [-0.2, 0) is 10.9 Å². The molecule has 0 aromatic carbocycles. The molecule has 0 saturated carbocycles. The van der Waals surface area contributed by atoms with Crippen LogP contribution in [0.4, 0.5) is 18.9 Å². The molecular weight excluding hydrogens is 415 g/mol. The van der Waals surface area contributed by atoms with Gasteiger partial charge in [-0.05, 0) is 37.1 Å². The Bertz CT molecular complexity index is 1150. The lowest BCUT2D eigenvalue weighted by Crippen LogP contribution is -2.21. The van der Waals surface area contributed by atoms with Crippen molar-refractivity contribution in [3.63, 3.8) is 0 Å². The molecule has 8 nitrogen and oxygen atoms in total. The highest BCUT2D eigenvalue weighted by molar-refractivity contribution is 6.08. The molecule has 1 saturated heterocycles. The molecular formula is C20H18F3N5O3. The van der Waals surface area contributed by atoms with Gasteiger partial charge in [0.25, 0.3) is 11.8 Å². The number of carbonyl (C=O) groups excluding carboxylic acids is 2. The number of aromatic nitrogens is 3. The third-order valence-corrected chi connectivity index (χ3v) is 5.04. The zero-order valence-electron chi connectivity index (χ0n) is 16.1. The molecule has 3 N–H and O–H groups in total. The molecule has 162 valence electrons. The summed E-state index contributed by atoms with van der Waals surface area (Å²) < 4.78 is 45.5. The number of hydrogen-bond donors (Lipinski definition) is 2. The molecule has 4 heterocycles. The molecule has 3 aromatic rings. The highest BCUT2D eigenvalue weighted by Gasteiger charge is 2.33. The number of rotatable bonds is 4. The summed E-state index contributed by atoms with van der Waals surface area (Å²) in [6.07, 6.45) is -1.67. The summed E-state index contributed by atoms with van der Waals surface area (Å²) in [4.78, 5) is 27.8. The van der Waals surface area contributed by atoms with Crippen molar-refractivity contribution in [1.82, 2.24) is 14.6 Å². The minimum Gasteiger partial charge on any atom is -0.381 e. The molecule has 1 aliphatic heterocycles. The molecule has 0 unspecified atom stereocenters. The van der Waals surface area contributed by atoms with Crippen molar-refractivity contribution in [2.45, 2.75) is 24.9 Å².